The Morgan fingerprint density at radius 2 is 0.655 bits per heavy atom. The monoisotopic (exact) mass is 719 g/mol. The van der Waals surface area contributed by atoms with Gasteiger partial charge in [-0.15, -0.1) is 11.3 Å². The second-order valence-corrected chi connectivity index (χ2v) is 14.6. The van der Waals surface area contributed by atoms with E-state index in [0.29, 0.717) is 17.5 Å². The fraction of sp³-hybridized carbons (Fsp3) is 0. The summed E-state index contributed by atoms with van der Waals surface area (Å²) in [5, 5.41) is 2.42. The standard InChI is InChI=1S/C51H33N3S/c1-5-14-34(15-6-1)37-24-28-40(29-25-37)49-52-50(41-30-26-38(27-31-41)35-16-7-2-8-17-35)54-51(53-49)44-23-13-22-43-46-33-42(36-18-9-3-10-19-36)32-45(48(46)55-47(43)44)39-20-11-4-12-21-39/h1-33H. The van der Waals surface area contributed by atoms with Crippen LogP contribution in [-0.2, 0) is 0 Å². The Hall–Kier alpha value is -7.01. The van der Waals surface area contributed by atoms with Crippen molar-refractivity contribution < 1.29 is 0 Å². The topological polar surface area (TPSA) is 38.7 Å². The number of nitrogens with zero attached hydrogens (tertiary/aromatic N) is 3. The first-order chi connectivity index (χ1) is 27.2. The van der Waals surface area contributed by atoms with Gasteiger partial charge in [-0.25, -0.2) is 15.0 Å². The molecule has 0 aliphatic heterocycles. The predicted molar refractivity (Wildman–Crippen MR) is 231 cm³/mol. The van der Waals surface area contributed by atoms with Crippen molar-refractivity contribution >= 4 is 31.5 Å². The molecule has 0 saturated carbocycles. The van der Waals surface area contributed by atoms with Crippen LogP contribution >= 0.6 is 11.3 Å². The number of aromatic nitrogens is 3. The number of fused-ring (bicyclic) bond motifs is 3. The normalized spacial score (nSPS) is 11.3. The SMILES string of the molecule is c1ccc(-c2ccc(-c3nc(-c4ccc(-c5ccccc5)cc4)nc(-c4cccc5c4sc4c(-c6ccccc6)cc(-c6ccccc6)cc45)n3)cc2)cc1. The quantitative estimate of drug-likeness (QED) is 0.165. The van der Waals surface area contributed by atoms with E-state index in [1.54, 1.807) is 0 Å². The van der Waals surface area contributed by atoms with Crippen LogP contribution in [0.2, 0.25) is 0 Å². The molecule has 0 saturated heterocycles. The lowest BCUT2D eigenvalue weighted by atomic mass is 9.96. The van der Waals surface area contributed by atoms with Gasteiger partial charge < -0.3 is 0 Å². The van der Waals surface area contributed by atoms with Gasteiger partial charge in [-0.2, -0.15) is 0 Å². The lowest BCUT2D eigenvalue weighted by molar-refractivity contribution is 1.08. The van der Waals surface area contributed by atoms with E-state index in [1.165, 1.54) is 48.9 Å². The van der Waals surface area contributed by atoms with Gasteiger partial charge in [0, 0.05) is 42.4 Å². The summed E-state index contributed by atoms with van der Waals surface area (Å²) in [5.41, 5.74) is 12.3. The summed E-state index contributed by atoms with van der Waals surface area (Å²) in [6, 6.07) is 70.4. The lowest BCUT2D eigenvalue weighted by Crippen LogP contribution is -2.00. The Kier molecular flexibility index (Phi) is 8.36. The zero-order valence-corrected chi connectivity index (χ0v) is 30.6. The Morgan fingerprint density at radius 1 is 0.255 bits per heavy atom. The first kappa shape index (κ1) is 32.6. The van der Waals surface area contributed by atoms with Crippen LogP contribution in [0.5, 0.6) is 0 Å². The average Bonchev–Trinajstić information content (AvgIpc) is 3.66. The first-order valence-electron chi connectivity index (χ1n) is 18.4. The smallest absolute Gasteiger partial charge is 0.165 e. The minimum absolute atomic E-state index is 0.640. The summed E-state index contributed by atoms with van der Waals surface area (Å²) in [6.45, 7) is 0. The van der Waals surface area contributed by atoms with Gasteiger partial charge in [0.15, 0.2) is 17.5 Å². The van der Waals surface area contributed by atoms with Gasteiger partial charge in [-0.1, -0.05) is 182 Å². The van der Waals surface area contributed by atoms with Crippen molar-refractivity contribution in [3.8, 4) is 78.7 Å². The number of thiophene rings is 1. The van der Waals surface area contributed by atoms with Crippen molar-refractivity contribution in [2.45, 2.75) is 0 Å². The molecule has 0 aliphatic rings. The van der Waals surface area contributed by atoms with Gasteiger partial charge in [0.05, 0.1) is 0 Å². The third-order valence-electron chi connectivity index (χ3n) is 10.2. The number of hydrogen-bond donors (Lipinski definition) is 0. The van der Waals surface area contributed by atoms with Crippen molar-refractivity contribution in [3.63, 3.8) is 0 Å². The summed E-state index contributed by atoms with van der Waals surface area (Å²) in [4.78, 5) is 15.5. The molecule has 258 valence electrons. The molecule has 0 amide bonds. The van der Waals surface area contributed by atoms with Gasteiger partial charge in [-0.05, 0) is 57.1 Å². The molecule has 0 radical (unpaired) electrons. The first-order valence-corrected chi connectivity index (χ1v) is 19.3. The minimum Gasteiger partial charge on any atom is -0.208 e. The van der Waals surface area contributed by atoms with Crippen LogP contribution in [0.1, 0.15) is 0 Å². The minimum atomic E-state index is 0.640. The number of rotatable bonds is 7. The van der Waals surface area contributed by atoms with E-state index in [2.05, 4.69) is 188 Å². The highest BCUT2D eigenvalue weighted by atomic mass is 32.1. The van der Waals surface area contributed by atoms with Crippen LogP contribution in [0.15, 0.2) is 200 Å². The van der Waals surface area contributed by atoms with Crippen molar-refractivity contribution in [1.82, 2.24) is 15.0 Å². The third kappa shape index (κ3) is 6.29. The summed E-state index contributed by atoms with van der Waals surface area (Å²) >= 11 is 1.81. The molecule has 2 heterocycles. The highest BCUT2D eigenvalue weighted by molar-refractivity contribution is 7.26. The molecule has 0 atom stereocenters. The van der Waals surface area contributed by atoms with Gasteiger partial charge in [0.25, 0.3) is 0 Å². The fourth-order valence-corrected chi connectivity index (χ4v) is 8.67. The van der Waals surface area contributed by atoms with Crippen LogP contribution < -0.4 is 0 Å². The van der Waals surface area contributed by atoms with E-state index in [4.69, 9.17) is 15.0 Å². The van der Waals surface area contributed by atoms with E-state index >= 15 is 0 Å². The zero-order valence-electron chi connectivity index (χ0n) is 29.8. The molecular weight excluding hydrogens is 687 g/mol. The molecule has 0 aliphatic carbocycles. The molecule has 10 aromatic rings. The van der Waals surface area contributed by atoms with Crippen molar-refractivity contribution in [2.24, 2.45) is 0 Å². The molecule has 0 bridgehead atoms. The molecule has 10 rings (SSSR count). The molecule has 55 heavy (non-hydrogen) atoms. The van der Waals surface area contributed by atoms with Gasteiger partial charge >= 0.3 is 0 Å². The number of benzene rings is 8. The van der Waals surface area contributed by atoms with Gasteiger partial charge in [0.1, 0.15) is 0 Å². The Bertz CT molecular complexity index is 2820. The van der Waals surface area contributed by atoms with Gasteiger partial charge in [0.2, 0.25) is 0 Å². The van der Waals surface area contributed by atoms with Gasteiger partial charge in [-0.3, -0.25) is 0 Å². The maximum atomic E-state index is 5.22. The van der Waals surface area contributed by atoms with Crippen LogP contribution in [0.3, 0.4) is 0 Å². The summed E-state index contributed by atoms with van der Waals surface area (Å²) in [6.07, 6.45) is 0. The van der Waals surface area contributed by atoms with Crippen molar-refractivity contribution in [3.05, 3.63) is 200 Å². The van der Waals surface area contributed by atoms with Crippen LogP contribution in [0.4, 0.5) is 0 Å². The number of hydrogen-bond acceptors (Lipinski definition) is 4. The molecule has 0 spiro atoms. The van der Waals surface area contributed by atoms with E-state index in [1.807, 2.05) is 23.5 Å². The van der Waals surface area contributed by atoms with Crippen molar-refractivity contribution in [2.75, 3.05) is 0 Å². The van der Waals surface area contributed by atoms with Crippen LogP contribution in [-0.4, -0.2) is 15.0 Å². The Labute approximate surface area is 323 Å². The van der Waals surface area contributed by atoms with E-state index in [-0.39, 0.29) is 0 Å². The molecule has 8 aromatic carbocycles. The maximum Gasteiger partial charge on any atom is 0.165 e. The maximum absolute atomic E-state index is 5.22. The van der Waals surface area contributed by atoms with Crippen molar-refractivity contribution in [1.29, 1.82) is 0 Å². The summed E-state index contributed by atoms with van der Waals surface area (Å²) in [5.74, 6) is 1.93. The molecule has 2 aromatic heterocycles. The van der Waals surface area contributed by atoms with E-state index in [0.717, 1.165) is 32.5 Å². The van der Waals surface area contributed by atoms with Crippen LogP contribution in [0, 0.1) is 0 Å². The molecule has 3 nitrogen and oxygen atoms in total. The Balaban J connectivity index is 1.16. The second-order valence-electron chi connectivity index (χ2n) is 13.6. The van der Waals surface area contributed by atoms with Crippen LogP contribution in [0.25, 0.3) is 98.8 Å². The van der Waals surface area contributed by atoms with E-state index < -0.39 is 0 Å². The average molecular weight is 720 g/mol. The Morgan fingerprint density at radius 3 is 1.16 bits per heavy atom. The second kappa shape index (κ2) is 14.1. The highest BCUT2D eigenvalue weighted by Crippen LogP contribution is 2.45. The molecule has 0 fully saturated rings. The molecule has 0 N–H and O–H groups in total. The third-order valence-corrected chi connectivity index (χ3v) is 11.5. The summed E-state index contributed by atoms with van der Waals surface area (Å²) < 4.78 is 2.40. The largest absolute Gasteiger partial charge is 0.208 e. The predicted octanol–water partition coefficient (Wildman–Crippen LogP) is 13.9. The summed E-state index contributed by atoms with van der Waals surface area (Å²) in [7, 11) is 0. The highest BCUT2D eigenvalue weighted by Gasteiger charge is 2.19. The zero-order chi connectivity index (χ0) is 36.6. The fourth-order valence-electron chi connectivity index (χ4n) is 7.34. The molecular formula is C51H33N3S. The molecule has 0 unspecified atom stereocenters. The lowest BCUT2D eigenvalue weighted by Gasteiger charge is -2.10. The molecule has 4 heteroatoms. The van der Waals surface area contributed by atoms with E-state index in [9.17, 15) is 0 Å².